The predicted octanol–water partition coefficient (Wildman–Crippen LogP) is 1.10. The van der Waals surface area contributed by atoms with Gasteiger partial charge in [-0.05, 0) is 25.0 Å². The Bertz CT molecular complexity index is 380. The third-order valence-electron chi connectivity index (χ3n) is 2.81. The third kappa shape index (κ3) is 5.32. The van der Waals surface area contributed by atoms with Crippen molar-refractivity contribution in [3.05, 3.63) is 36.4 Å². The van der Waals surface area contributed by atoms with Gasteiger partial charge in [-0.1, -0.05) is 18.7 Å². The van der Waals surface area contributed by atoms with Crippen molar-refractivity contribution in [2.45, 2.75) is 19.4 Å². The van der Waals surface area contributed by atoms with E-state index in [0.29, 0.717) is 6.61 Å². The Labute approximate surface area is 115 Å². The third-order valence-corrected chi connectivity index (χ3v) is 2.81. The summed E-state index contributed by atoms with van der Waals surface area (Å²) >= 11 is 0. The molecule has 0 spiro atoms. The maximum atomic E-state index is 8.73. The van der Waals surface area contributed by atoms with Gasteiger partial charge in [0.2, 0.25) is 0 Å². The summed E-state index contributed by atoms with van der Waals surface area (Å²) in [6.45, 7) is 6.24. The van der Waals surface area contributed by atoms with Gasteiger partial charge in [-0.15, -0.1) is 0 Å². The number of aliphatic hydroxyl groups is 1. The maximum Gasteiger partial charge on any atom is 0.170 e. The number of hydrogen-bond donors (Lipinski definition) is 2. The quantitative estimate of drug-likeness (QED) is 0.492. The molecule has 1 aromatic carbocycles. The van der Waals surface area contributed by atoms with Crippen LogP contribution in [-0.4, -0.2) is 32.0 Å². The van der Waals surface area contributed by atoms with Crippen molar-refractivity contribution in [3.63, 3.8) is 0 Å². The van der Waals surface area contributed by atoms with Crippen LogP contribution in [0.2, 0.25) is 0 Å². The number of methoxy groups -OCH3 is 1. The lowest BCUT2D eigenvalue weighted by atomic mass is 10.1. The van der Waals surface area contributed by atoms with Gasteiger partial charge >= 0.3 is 0 Å². The van der Waals surface area contributed by atoms with Gasteiger partial charge in [0.05, 0.1) is 19.2 Å². The van der Waals surface area contributed by atoms with Crippen molar-refractivity contribution >= 4 is 0 Å². The number of nitrogens with two attached hydrogens (primary N) is 1. The van der Waals surface area contributed by atoms with Gasteiger partial charge in [-0.2, -0.15) is 0 Å². The van der Waals surface area contributed by atoms with Gasteiger partial charge in [0.15, 0.2) is 11.5 Å². The molecule has 1 rings (SSSR count). The highest BCUT2D eigenvalue weighted by molar-refractivity contribution is 5.46. The Kier molecular flexibility index (Phi) is 7.70. The van der Waals surface area contributed by atoms with Crippen LogP contribution in [0.15, 0.2) is 30.9 Å². The number of rotatable bonds is 10. The smallest absolute Gasteiger partial charge is 0.170 e. The molecule has 0 heterocycles. The lowest BCUT2D eigenvalue weighted by Crippen LogP contribution is -2.82. The second kappa shape index (κ2) is 9.42. The lowest BCUT2D eigenvalue weighted by Gasteiger charge is -2.13. The molecular weight excluding hydrogens is 242 g/mol. The molecule has 106 valence electrons. The SMILES string of the molecule is C=CCOc1c(C[NH2+]CCCCO)cccc1OC. The summed E-state index contributed by atoms with van der Waals surface area (Å²) in [5.41, 5.74) is 1.12. The molecular formula is C15H24NO3+. The number of aliphatic hydroxyl groups excluding tert-OH is 1. The number of ether oxygens (including phenoxy) is 2. The van der Waals surface area contributed by atoms with Crippen LogP contribution in [0.5, 0.6) is 11.5 Å². The topological polar surface area (TPSA) is 55.3 Å². The molecule has 0 fully saturated rings. The van der Waals surface area contributed by atoms with Crippen molar-refractivity contribution in [1.82, 2.24) is 0 Å². The van der Waals surface area contributed by atoms with Crippen LogP contribution >= 0.6 is 0 Å². The molecule has 4 nitrogen and oxygen atoms in total. The summed E-state index contributed by atoms with van der Waals surface area (Å²) in [4.78, 5) is 0. The fourth-order valence-corrected chi connectivity index (χ4v) is 1.85. The molecule has 0 aromatic heterocycles. The molecule has 0 aliphatic carbocycles. The van der Waals surface area contributed by atoms with Crippen LogP contribution in [0, 0.1) is 0 Å². The number of para-hydroxylation sites is 1. The molecule has 0 bridgehead atoms. The van der Waals surface area contributed by atoms with E-state index < -0.39 is 0 Å². The van der Waals surface area contributed by atoms with E-state index in [9.17, 15) is 0 Å². The van der Waals surface area contributed by atoms with Crippen molar-refractivity contribution in [3.8, 4) is 11.5 Å². The second-order valence-electron chi connectivity index (χ2n) is 4.26. The van der Waals surface area contributed by atoms with E-state index in [0.717, 1.165) is 43.0 Å². The Morgan fingerprint density at radius 2 is 2.21 bits per heavy atom. The van der Waals surface area contributed by atoms with Crippen molar-refractivity contribution in [2.24, 2.45) is 0 Å². The zero-order valence-corrected chi connectivity index (χ0v) is 11.6. The molecule has 0 radical (unpaired) electrons. The first-order valence-corrected chi connectivity index (χ1v) is 6.65. The normalized spacial score (nSPS) is 10.2. The van der Waals surface area contributed by atoms with Crippen LogP contribution in [0.3, 0.4) is 0 Å². The predicted molar refractivity (Wildman–Crippen MR) is 75.5 cm³/mol. The van der Waals surface area contributed by atoms with E-state index in [-0.39, 0.29) is 6.61 Å². The number of benzene rings is 1. The Hall–Kier alpha value is -1.52. The molecule has 0 saturated carbocycles. The van der Waals surface area contributed by atoms with Crippen molar-refractivity contribution in [2.75, 3.05) is 26.9 Å². The highest BCUT2D eigenvalue weighted by Crippen LogP contribution is 2.30. The lowest BCUT2D eigenvalue weighted by molar-refractivity contribution is -0.671. The minimum absolute atomic E-state index is 0.265. The van der Waals surface area contributed by atoms with Gasteiger partial charge in [-0.3, -0.25) is 0 Å². The van der Waals surface area contributed by atoms with E-state index in [4.69, 9.17) is 14.6 Å². The Morgan fingerprint density at radius 3 is 2.89 bits per heavy atom. The van der Waals surface area contributed by atoms with Crippen LogP contribution in [0.4, 0.5) is 0 Å². The minimum atomic E-state index is 0.265. The molecule has 0 atom stereocenters. The molecule has 0 saturated heterocycles. The molecule has 19 heavy (non-hydrogen) atoms. The van der Waals surface area contributed by atoms with E-state index >= 15 is 0 Å². The Morgan fingerprint density at radius 1 is 1.37 bits per heavy atom. The zero-order valence-electron chi connectivity index (χ0n) is 11.6. The molecule has 0 aliphatic heterocycles. The molecule has 3 N–H and O–H groups in total. The van der Waals surface area contributed by atoms with Crippen molar-refractivity contribution < 1.29 is 19.9 Å². The van der Waals surface area contributed by atoms with E-state index in [1.54, 1.807) is 13.2 Å². The first kappa shape index (κ1) is 15.5. The van der Waals surface area contributed by atoms with Crippen LogP contribution in [0.1, 0.15) is 18.4 Å². The second-order valence-corrected chi connectivity index (χ2v) is 4.26. The van der Waals surface area contributed by atoms with Crippen LogP contribution in [0.25, 0.3) is 0 Å². The van der Waals surface area contributed by atoms with E-state index in [1.165, 1.54) is 0 Å². The van der Waals surface area contributed by atoms with Gasteiger partial charge in [0, 0.05) is 6.61 Å². The molecule has 1 aromatic rings. The summed E-state index contributed by atoms with van der Waals surface area (Å²) in [6.07, 6.45) is 3.60. The minimum Gasteiger partial charge on any atom is -0.493 e. The average Bonchev–Trinajstić information content (AvgIpc) is 2.45. The number of unbranched alkanes of at least 4 members (excludes halogenated alkanes) is 1. The fourth-order valence-electron chi connectivity index (χ4n) is 1.85. The summed E-state index contributed by atoms with van der Waals surface area (Å²) in [7, 11) is 1.64. The molecule has 0 unspecified atom stereocenters. The summed E-state index contributed by atoms with van der Waals surface area (Å²) in [5, 5.41) is 10.9. The fraction of sp³-hybridized carbons (Fsp3) is 0.467. The highest BCUT2D eigenvalue weighted by Gasteiger charge is 2.11. The maximum absolute atomic E-state index is 8.73. The van der Waals surface area contributed by atoms with Crippen LogP contribution < -0.4 is 14.8 Å². The number of hydrogen-bond acceptors (Lipinski definition) is 3. The zero-order chi connectivity index (χ0) is 13.9. The molecule has 0 amide bonds. The average molecular weight is 266 g/mol. The Balaban J connectivity index is 2.61. The van der Waals surface area contributed by atoms with Crippen molar-refractivity contribution in [1.29, 1.82) is 0 Å². The summed E-state index contributed by atoms with van der Waals surface area (Å²) < 4.78 is 11.0. The standard InChI is InChI=1S/C15H23NO3/c1-3-11-19-15-13(7-6-8-14(15)18-2)12-16-9-4-5-10-17/h3,6-8,16-17H,1,4-5,9-12H2,2H3/p+1. The van der Waals surface area contributed by atoms with Gasteiger partial charge in [0.25, 0.3) is 0 Å². The largest absolute Gasteiger partial charge is 0.493 e. The summed E-state index contributed by atoms with van der Waals surface area (Å²) in [5.74, 6) is 1.55. The van der Waals surface area contributed by atoms with Gasteiger partial charge < -0.3 is 19.9 Å². The van der Waals surface area contributed by atoms with Crippen LogP contribution in [-0.2, 0) is 6.54 Å². The van der Waals surface area contributed by atoms with Gasteiger partial charge in [-0.25, -0.2) is 0 Å². The first-order chi connectivity index (χ1) is 9.33. The number of quaternary nitrogens is 1. The van der Waals surface area contributed by atoms with Gasteiger partial charge in [0.1, 0.15) is 13.2 Å². The monoisotopic (exact) mass is 266 g/mol. The molecule has 4 heteroatoms. The first-order valence-electron chi connectivity index (χ1n) is 6.65. The van der Waals surface area contributed by atoms with E-state index in [1.807, 2.05) is 18.2 Å². The van der Waals surface area contributed by atoms with E-state index in [2.05, 4.69) is 11.9 Å². The highest BCUT2D eigenvalue weighted by atomic mass is 16.5. The summed E-state index contributed by atoms with van der Waals surface area (Å²) in [6, 6.07) is 5.91. The molecule has 0 aliphatic rings.